The number of nitrogens with one attached hydrogen (secondary N) is 1. The van der Waals surface area contributed by atoms with Gasteiger partial charge in [-0.05, 0) is 37.0 Å². The van der Waals surface area contributed by atoms with Crippen molar-refractivity contribution in [2.45, 2.75) is 18.9 Å². The highest BCUT2D eigenvalue weighted by atomic mass is 79.9. The van der Waals surface area contributed by atoms with Crippen molar-refractivity contribution >= 4 is 27.6 Å². The van der Waals surface area contributed by atoms with E-state index in [9.17, 15) is 9.18 Å². The standard InChI is InChI=1S/C12H13BrFNO2/c1-17-12(16)11(7-2-3-7)15-10-5-4-8(13)6-9(10)14/h4-7,11,15H,2-3H2,1H3. The van der Waals surface area contributed by atoms with Gasteiger partial charge < -0.3 is 10.1 Å². The number of halogens is 2. The number of methoxy groups -OCH3 is 1. The molecule has 1 saturated carbocycles. The van der Waals surface area contributed by atoms with Crippen LogP contribution in [-0.4, -0.2) is 19.1 Å². The van der Waals surface area contributed by atoms with E-state index in [0.717, 1.165) is 12.8 Å². The highest BCUT2D eigenvalue weighted by molar-refractivity contribution is 9.10. The molecule has 1 aromatic rings. The SMILES string of the molecule is COC(=O)C(Nc1ccc(Br)cc1F)C1CC1. The van der Waals surface area contributed by atoms with Crippen LogP contribution in [0, 0.1) is 11.7 Å². The molecular formula is C12H13BrFNO2. The number of esters is 1. The molecule has 17 heavy (non-hydrogen) atoms. The van der Waals surface area contributed by atoms with Crippen LogP contribution in [0.5, 0.6) is 0 Å². The van der Waals surface area contributed by atoms with Gasteiger partial charge >= 0.3 is 5.97 Å². The zero-order valence-corrected chi connectivity index (χ0v) is 11.0. The van der Waals surface area contributed by atoms with E-state index in [4.69, 9.17) is 4.74 Å². The Bertz CT molecular complexity index is 435. The quantitative estimate of drug-likeness (QED) is 0.869. The molecule has 1 unspecified atom stereocenters. The molecule has 0 bridgehead atoms. The molecule has 1 N–H and O–H groups in total. The van der Waals surface area contributed by atoms with E-state index in [1.807, 2.05) is 0 Å². The second-order valence-electron chi connectivity index (χ2n) is 4.11. The van der Waals surface area contributed by atoms with Gasteiger partial charge in [0.05, 0.1) is 12.8 Å². The normalized spacial score (nSPS) is 16.4. The van der Waals surface area contributed by atoms with Crippen LogP contribution in [0.2, 0.25) is 0 Å². The fraction of sp³-hybridized carbons (Fsp3) is 0.417. The third kappa shape index (κ3) is 2.97. The van der Waals surface area contributed by atoms with Crippen LogP contribution >= 0.6 is 15.9 Å². The van der Waals surface area contributed by atoms with E-state index < -0.39 is 6.04 Å². The van der Waals surface area contributed by atoms with E-state index in [2.05, 4.69) is 21.2 Å². The molecule has 1 aromatic carbocycles. The van der Waals surface area contributed by atoms with Crippen molar-refractivity contribution in [2.75, 3.05) is 12.4 Å². The molecule has 0 amide bonds. The van der Waals surface area contributed by atoms with Crippen molar-refractivity contribution in [3.05, 3.63) is 28.5 Å². The second-order valence-corrected chi connectivity index (χ2v) is 5.02. The molecule has 0 saturated heterocycles. The largest absolute Gasteiger partial charge is 0.467 e. The maximum Gasteiger partial charge on any atom is 0.328 e. The summed E-state index contributed by atoms with van der Waals surface area (Å²) in [5.74, 6) is -0.464. The summed E-state index contributed by atoms with van der Waals surface area (Å²) >= 11 is 3.19. The number of hydrogen-bond acceptors (Lipinski definition) is 3. The molecule has 3 nitrogen and oxygen atoms in total. The van der Waals surface area contributed by atoms with Crippen LogP contribution in [0.25, 0.3) is 0 Å². The Balaban J connectivity index is 2.14. The van der Waals surface area contributed by atoms with Gasteiger partial charge in [0.1, 0.15) is 11.9 Å². The predicted molar refractivity (Wildman–Crippen MR) is 66.3 cm³/mol. The molecule has 1 aliphatic rings. The summed E-state index contributed by atoms with van der Waals surface area (Å²) < 4.78 is 19.0. The van der Waals surface area contributed by atoms with E-state index in [0.29, 0.717) is 10.2 Å². The fourth-order valence-electron chi connectivity index (χ4n) is 1.70. The molecule has 0 aromatic heterocycles. The summed E-state index contributed by atoms with van der Waals surface area (Å²) in [6.45, 7) is 0. The zero-order chi connectivity index (χ0) is 12.4. The first-order chi connectivity index (χ1) is 8.11. The van der Waals surface area contributed by atoms with Gasteiger partial charge in [-0.3, -0.25) is 0 Å². The van der Waals surface area contributed by atoms with Crippen molar-refractivity contribution in [2.24, 2.45) is 5.92 Å². The third-order valence-electron chi connectivity index (χ3n) is 2.79. The lowest BCUT2D eigenvalue weighted by Gasteiger charge is -2.17. The maximum atomic E-state index is 13.6. The number of anilines is 1. The first kappa shape index (κ1) is 12.4. The molecule has 0 radical (unpaired) electrons. The fourth-order valence-corrected chi connectivity index (χ4v) is 2.03. The predicted octanol–water partition coefficient (Wildman–Crippen LogP) is 2.95. The van der Waals surface area contributed by atoms with Crippen molar-refractivity contribution in [1.29, 1.82) is 0 Å². The van der Waals surface area contributed by atoms with Crippen molar-refractivity contribution in [1.82, 2.24) is 0 Å². The average molecular weight is 302 g/mol. The summed E-state index contributed by atoms with van der Waals surface area (Å²) in [5, 5.41) is 2.92. The Kier molecular flexibility index (Phi) is 3.66. The summed E-state index contributed by atoms with van der Waals surface area (Å²) in [6.07, 6.45) is 1.95. The lowest BCUT2D eigenvalue weighted by molar-refractivity contribution is -0.142. The van der Waals surface area contributed by atoms with Gasteiger partial charge in [-0.15, -0.1) is 0 Å². The van der Waals surface area contributed by atoms with Gasteiger partial charge in [-0.2, -0.15) is 0 Å². The molecule has 1 aliphatic carbocycles. The highest BCUT2D eigenvalue weighted by Crippen LogP contribution is 2.35. The molecule has 1 atom stereocenters. The topological polar surface area (TPSA) is 38.3 Å². The van der Waals surface area contributed by atoms with Crippen LogP contribution in [-0.2, 0) is 9.53 Å². The Morgan fingerprint density at radius 2 is 2.29 bits per heavy atom. The van der Waals surface area contributed by atoms with Crippen LogP contribution in [0.1, 0.15) is 12.8 Å². The lowest BCUT2D eigenvalue weighted by Crippen LogP contribution is -2.33. The number of rotatable bonds is 4. The van der Waals surface area contributed by atoms with Crippen molar-refractivity contribution < 1.29 is 13.9 Å². The summed E-state index contributed by atoms with van der Waals surface area (Å²) in [6, 6.07) is 4.25. The molecule has 0 aliphatic heterocycles. The molecular weight excluding hydrogens is 289 g/mol. The first-order valence-corrected chi connectivity index (χ1v) is 6.20. The number of hydrogen-bond donors (Lipinski definition) is 1. The number of ether oxygens (including phenoxy) is 1. The molecule has 92 valence electrons. The number of benzene rings is 1. The Morgan fingerprint density at radius 1 is 1.59 bits per heavy atom. The van der Waals surface area contributed by atoms with Gasteiger partial charge in [0, 0.05) is 4.47 Å². The van der Waals surface area contributed by atoms with Crippen molar-refractivity contribution in [3.63, 3.8) is 0 Å². The Morgan fingerprint density at radius 3 is 2.82 bits per heavy atom. The van der Waals surface area contributed by atoms with Gasteiger partial charge in [0.2, 0.25) is 0 Å². The van der Waals surface area contributed by atoms with Crippen LogP contribution in [0.3, 0.4) is 0 Å². The monoisotopic (exact) mass is 301 g/mol. The number of carbonyl (C=O) groups is 1. The van der Waals surface area contributed by atoms with Gasteiger partial charge in [-0.1, -0.05) is 15.9 Å². The Labute approximate surface area is 107 Å². The lowest BCUT2D eigenvalue weighted by atomic mass is 10.1. The highest BCUT2D eigenvalue weighted by Gasteiger charge is 2.37. The van der Waals surface area contributed by atoms with E-state index in [-0.39, 0.29) is 17.7 Å². The molecule has 5 heteroatoms. The van der Waals surface area contributed by atoms with Crippen molar-refractivity contribution in [3.8, 4) is 0 Å². The molecule has 1 fully saturated rings. The third-order valence-corrected chi connectivity index (χ3v) is 3.28. The Hall–Kier alpha value is -1.10. The summed E-state index contributed by atoms with van der Waals surface area (Å²) in [4.78, 5) is 11.6. The number of carbonyl (C=O) groups excluding carboxylic acids is 1. The minimum absolute atomic E-state index is 0.255. The summed E-state index contributed by atoms with van der Waals surface area (Å²) in [7, 11) is 1.34. The minimum atomic E-state index is -0.448. The molecule has 0 spiro atoms. The van der Waals surface area contributed by atoms with Crippen LogP contribution in [0.4, 0.5) is 10.1 Å². The maximum absolute atomic E-state index is 13.6. The van der Waals surface area contributed by atoms with Gasteiger partial charge in [-0.25, -0.2) is 9.18 Å². The average Bonchev–Trinajstić information content (AvgIpc) is 3.11. The smallest absolute Gasteiger partial charge is 0.328 e. The first-order valence-electron chi connectivity index (χ1n) is 5.41. The van der Waals surface area contributed by atoms with E-state index in [1.165, 1.54) is 13.2 Å². The van der Waals surface area contributed by atoms with Crippen LogP contribution < -0.4 is 5.32 Å². The second kappa shape index (κ2) is 5.04. The minimum Gasteiger partial charge on any atom is -0.467 e. The van der Waals surface area contributed by atoms with Gasteiger partial charge in [0.25, 0.3) is 0 Å². The molecule has 0 heterocycles. The van der Waals surface area contributed by atoms with Crippen LogP contribution in [0.15, 0.2) is 22.7 Å². The van der Waals surface area contributed by atoms with E-state index in [1.54, 1.807) is 12.1 Å². The zero-order valence-electron chi connectivity index (χ0n) is 9.37. The van der Waals surface area contributed by atoms with E-state index >= 15 is 0 Å². The summed E-state index contributed by atoms with van der Waals surface area (Å²) in [5.41, 5.74) is 0.329. The van der Waals surface area contributed by atoms with Gasteiger partial charge in [0.15, 0.2) is 0 Å². The molecule has 2 rings (SSSR count).